The normalized spacial score (nSPS) is 20.3. The highest BCUT2D eigenvalue weighted by molar-refractivity contribution is 5.95. The summed E-state index contributed by atoms with van der Waals surface area (Å²) in [5, 5.41) is 0. The largest absolute Gasteiger partial charge is 0.454 e. The number of benzene rings is 2. The predicted molar refractivity (Wildman–Crippen MR) is 107 cm³/mol. The molecule has 2 aromatic rings. The molecule has 0 radical (unpaired) electrons. The van der Waals surface area contributed by atoms with Gasteiger partial charge in [0.25, 0.3) is 5.91 Å². The Balaban J connectivity index is 1.24. The molecule has 6 heteroatoms. The van der Waals surface area contributed by atoms with Gasteiger partial charge in [-0.15, -0.1) is 0 Å². The summed E-state index contributed by atoms with van der Waals surface area (Å²) < 4.78 is 10.7. The molecule has 3 aliphatic rings. The maximum Gasteiger partial charge on any atom is 0.254 e. The molecule has 0 aromatic heterocycles. The van der Waals surface area contributed by atoms with Crippen LogP contribution in [-0.4, -0.2) is 54.6 Å². The minimum atomic E-state index is -0.0453. The van der Waals surface area contributed by atoms with Crippen molar-refractivity contribution in [2.75, 3.05) is 33.0 Å². The van der Waals surface area contributed by atoms with Gasteiger partial charge < -0.3 is 19.3 Å². The van der Waals surface area contributed by atoms with Crippen molar-refractivity contribution < 1.29 is 19.1 Å². The Kier molecular flexibility index (Phi) is 4.62. The minimum absolute atomic E-state index is 0.0292. The third-order valence-electron chi connectivity index (χ3n) is 6.17. The molecule has 0 spiro atoms. The Morgan fingerprint density at radius 2 is 1.66 bits per heavy atom. The van der Waals surface area contributed by atoms with Gasteiger partial charge in [0.2, 0.25) is 12.7 Å². The van der Waals surface area contributed by atoms with Crippen LogP contribution in [0.2, 0.25) is 0 Å². The molecule has 150 valence electrons. The molecule has 1 saturated heterocycles. The minimum Gasteiger partial charge on any atom is -0.454 e. The van der Waals surface area contributed by atoms with E-state index in [-0.39, 0.29) is 24.5 Å². The molecular formula is C23H24N2O4. The van der Waals surface area contributed by atoms with E-state index in [1.54, 1.807) is 18.2 Å². The average Bonchev–Trinajstić information content (AvgIpc) is 3.26. The summed E-state index contributed by atoms with van der Waals surface area (Å²) in [6.45, 7) is 2.44. The Bertz CT molecular complexity index is 950. The number of amides is 2. The number of aryl methyl sites for hydroxylation is 1. The molecule has 0 bridgehead atoms. The van der Waals surface area contributed by atoms with E-state index < -0.39 is 0 Å². The molecule has 2 aromatic carbocycles. The lowest BCUT2D eigenvalue weighted by atomic mass is 9.82. The quantitative estimate of drug-likeness (QED) is 0.789. The zero-order valence-electron chi connectivity index (χ0n) is 16.3. The first kappa shape index (κ1) is 18.0. The molecule has 2 heterocycles. The lowest BCUT2D eigenvalue weighted by molar-refractivity contribution is -0.134. The second-order valence-corrected chi connectivity index (χ2v) is 7.83. The van der Waals surface area contributed by atoms with Gasteiger partial charge in [-0.1, -0.05) is 24.3 Å². The summed E-state index contributed by atoms with van der Waals surface area (Å²) in [6.07, 6.45) is 3.01. The van der Waals surface area contributed by atoms with Crippen LogP contribution in [0.3, 0.4) is 0 Å². The van der Waals surface area contributed by atoms with Crippen molar-refractivity contribution in [3.05, 3.63) is 59.2 Å². The lowest BCUT2D eigenvalue weighted by Gasteiger charge is -2.37. The maximum atomic E-state index is 13.2. The van der Waals surface area contributed by atoms with Crippen molar-refractivity contribution in [3.63, 3.8) is 0 Å². The second kappa shape index (κ2) is 7.43. The highest BCUT2D eigenvalue weighted by atomic mass is 16.7. The molecule has 2 aliphatic heterocycles. The molecule has 1 fully saturated rings. The van der Waals surface area contributed by atoms with Crippen LogP contribution >= 0.6 is 0 Å². The van der Waals surface area contributed by atoms with Crippen molar-refractivity contribution >= 4 is 11.8 Å². The number of fused-ring (bicyclic) bond motifs is 2. The number of hydrogen-bond donors (Lipinski definition) is 0. The van der Waals surface area contributed by atoms with E-state index in [0.717, 1.165) is 19.3 Å². The van der Waals surface area contributed by atoms with Crippen LogP contribution in [0.1, 0.15) is 40.2 Å². The molecule has 0 N–H and O–H groups in total. The van der Waals surface area contributed by atoms with E-state index >= 15 is 0 Å². The van der Waals surface area contributed by atoms with Gasteiger partial charge in [0, 0.05) is 31.7 Å². The number of nitrogens with zero attached hydrogens (tertiary/aromatic N) is 2. The number of rotatable bonds is 2. The van der Waals surface area contributed by atoms with Gasteiger partial charge >= 0.3 is 0 Å². The number of carbonyl (C=O) groups is 2. The summed E-state index contributed by atoms with van der Waals surface area (Å²) in [5.74, 6) is 1.41. The van der Waals surface area contributed by atoms with E-state index in [0.29, 0.717) is 43.2 Å². The zero-order valence-corrected chi connectivity index (χ0v) is 16.3. The van der Waals surface area contributed by atoms with Crippen LogP contribution in [0.4, 0.5) is 0 Å². The van der Waals surface area contributed by atoms with Crippen LogP contribution in [-0.2, 0) is 11.2 Å². The average molecular weight is 392 g/mol. The van der Waals surface area contributed by atoms with E-state index in [2.05, 4.69) is 12.1 Å². The Labute approximate surface area is 170 Å². The molecule has 2 amide bonds. The summed E-state index contributed by atoms with van der Waals surface area (Å²) in [7, 11) is 0. The summed E-state index contributed by atoms with van der Waals surface area (Å²) in [5.41, 5.74) is 3.08. The smallest absolute Gasteiger partial charge is 0.254 e. The molecule has 1 aliphatic carbocycles. The number of hydrogen-bond acceptors (Lipinski definition) is 4. The SMILES string of the molecule is O=C(c1ccc2c(c1)OCO2)N1CCN(C(=O)[C@@H]2CCCc3ccccc32)CC1. The first-order chi connectivity index (χ1) is 14.2. The molecule has 1 atom stereocenters. The van der Waals surface area contributed by atoms with Crippen LogP contribution in [0.25, 0.3) is 0 Å². The fourth-order valence-corrected chi connectivity index (χ4v) is 4.57. The zero-order chi connectivity index (χ0) is 19.8. The van der Waals surface area contributed by atoms with Crippen molar-refractivity contribution in [2.45, 2.75) is 25.2 Å². The first-order valence-corrected chi connectivity index (χ1v) is 10.3. The molecular weight excluding hydrogens is 368 g/mol. The van der Waals surface area contributed by atoms with Gasteiger partial charge in [0.1, 0.15) is 0 Å². The van der Waals surface area contributed by atoms with Gasteiger partial charge in [0.05, 0.1) is 5.92 Å². The van der Waals surface area contributed by atoms with E-state index in [9.17, 15) is 9.59 Å². The van der Waals surface area contributed by atoms with E-state index in [1.807, 2.05) is 21.9 Å². The molecule has 29 heavy (non-hydrogen) atoms. The van der Waals surface area contributed by atoms with Crippen molar-refractivity contribution in [2.24, 2.45) is 0 Å². The lowest BCUT2D eigenvalue weighted by Crippen LogP contribution is -2.51. The number of ether oxygens (including phenoxy) is 2. The number of carbonyl (C=O) groups excluding carboxylic acids is 2. The third-order valence-corrected chi connectivity index (χ3v) is 6.17. The first-order valence-electron chi connectivity index (χ1n) is 10.3. The van der Waals surface area contributed by atoms with Crippen LogP contribution in [0.15, 0.2) is 42.5 Å². The van der Waals surface area contributed by atoms with Crippen molar-refractivity contribution in [1.29, 1.82) is 0 Å². The second-order valence-electron chi connectivity index (χ2n) is 7.83. The molecule has 5 rings (SSSR count). The number of piperazine rings is 1. The van der Waals surface area contributed by atoms with Gasteiger partial charge in [-0.2, -0.15) is 0 Å². The van der Waals surface area contributed by atoms with Crippen molar-refractivity contribution in [1.82, 2.24) is 9.80 Å². The van der Waals surface area contributed by atoms with Gasteiger partial charge in [-0.25, -0.2) is 0 Å². The fourth-order valence-electron chi connectivity index (χ4n) is 4.57. The van der Waals surface area contributed by atoms with E-state index in [1.165, 1.54) is 11.1 Å². The highest BCUT2D eigenvalue weighted by Crippen LogP contribution is 2.34. The molecule has 6 nitrogen and oxygen atoms in total. The van der Waals surface area contributed by atoms with Crippen molar-refractivity contribution in [3.8, 4) is 11.5 Å². The van der Waals surface area contributed by atoms with Crippen LogP contribution in [0, 0.1) is 0 Å². The third kappa shape index (κ3) is 3.33. The van der Waals surface area contributed by atoms with Crippen LogP contribution < -0.4 is 9.47 Å². The molecule has 0 saturated carbocycles. The van der Waals surface area contributed by atoms with Gasteiger partial charge in [0.15, 0.2) is 11.5 Å². The topological polar surface area (TPSA) is 59.1 Å². The maximum absolute atomic E-state index is 13.2. The highest BCUT2D eigenvalue weighted by Gasteiger charge is 2.32. The fraction of sp³-hybridized carbons (Fsp3) is 0.391. The summed E-state index contributed by atoms with van der Waals surface area (Å²) >= 11 is 0. The predicted octanol–water partition coefficient (Wildman–Crippen LogP) is 2.82. The van der Waals surface area contributed by atoms with Gasteiger partial charge in [-0.3, -0.25) is 9.59 Å². The Morgan fingerprint density at radius 1 is 0.897 bits per heavy atom. The monoisotopic (exact) mass is 392 g/mol. The summed E-state index contributed by atoms with van der Waals surface area (Å²) in [4.78, 5) is 29.8. The van der Waals surface area contributed by atoms with Gasteiger partial charge in [-0.05, 0) is 48.6 Å². The Morgan fingerprint density at radius 3 is 2.52 bits per heavy atom. The molecule has 0 unspecified atom stereocenters. The standard InChI is InChI=1S/C23H24N2O4/c26-22(17-8-9-20-21(14-17)29-15-28-20)24-10-12-25(13-11-24)23(27)19-7-3-5-16-4-1-2-6-18(16)19/h1-2,4,6,8-9,14,19H,3,5,7,10-13,15H2/t19-/m1/s1. The summed E-state index contributed by atoms with van der Waals surface area (Å²) in [6, 6.07) is 13.6. The van der Waals surface area contributed by atoms with E-state index in [4.69, 9.17) is 9.47 Å². The van der Waals surface area contributed by atoms with Crippen LogP contribution in [0.5, 0.6) is 11.5 Å². The Hall–Kier alpha value is -3.02.